The molecule has 0 saturated heterocycles. The second-order valence-corrected chi connectivity index (χ2v) is 6.58. The number of aryl methyl sites for hydroxylation is 2. The van der Waals surface area contributed by atoms with E-state index in [0.717, 1.165) is 22.7 Å². The molecule has 5 heteroatoms. The number of ether oxygens (including phenoxy) is 1. The van der Waals surface area contributed by atoms with Crippen LogP contribution in [-0.2, 0) is 11.8 Å². The number of aromatic nitrogens is 2. The molecule has 1 atom stereocenters. The molecule has 140 valence electrons. The topological polar surface area (TPSA) is 56.1 Å². The monoisotopic (exact) mass is 363 g/mol. The van der Waals surface area contributed by atoms with Crippen LogP contribution in [0.4, 0.5) is 0 Å². The van der Waals surface area contributed by atoms with Gasteiger partial charge in [0.05, 0.1) is 6.61 Å². The lowest BCUT2D eigenvalue weighted by Gasteiger charge is -2.19. The summed E-state index contributed by atoms with van der Waals surface area (Å²) in [5, 5.41) is 3.11. The Bertz CT molecular complexity index is 874. The van der Waals surface area contributed by atoms with Crippen molar-refractivity contribution in [1.29, 1.82) is 0 Å². The van der Waals surface area contributed by atoms with Crippen LogP contribution >= 0.6 is 0 Å². The summed E-state index contributed by atoms with van der Waals surface area (Å²) in [7, 11) is 1.93. The quantitative estimate of drug-likeness (QED) is 0.620. The van der Waals surface area contributed by atoms with Gasteiger partial charge in [-0.25, -0.2) is 4.98 Å². The number of benzene rings is 2. The number of imidazole rings is 1. The van der Waals surface area contributed by atoms with Crippen molar-refractivity contribution in [3.63, 3.8) is 0 Å². The van der Waals surface area contributed by atoms with Crippen molar-refractivity contribution >= 4 is 5.91 Å². The number of nitrogens with one attached hydrogen (secondary N) is 1. The van der Waals surface area contributed by atoms with Crippen LogP contribution in [0.15, 0.2) is 67.0 Å². The summed E-state index contributed by atoms with van der Waals surface area (Å²) in [6.07, 6.45) is 4.68. The van der Waals surface area contributed by atoms with E-state index in [1.165, 1.54) is 0 Å². The number of hydrogen-bond acceptors (Lipinski definition) is 3. The Morgan fingerprint density at radius 1 is 1.19 bits per heavy atom. The molecule has 0 saturated carbocycles. The smallest absolute Gasteiger partial charge is 0.220 e. The van der Waals surface area contributed by atoms with Crippen molar-refractivity contribution in [2.45, 2.75) is 25.8 Å². The summed E-state index contributed by atoms with van der Waals surface area (Å²) < 4.78 is 7.65. The predicted octanol–water partition coefficient (Wildman–Crippen LogP) is 3.79. The van der Waals surface area contributed by atoms with Gasteiger partial charge in [0.15, 0.2) is 0 Å². The first-order valence-corrected chi connectivity index (χ1v) is 9.14. The fourth-order valence-corrected chi connectivity index (χ4v) is 2.96. The first-order chi connectivity index (χ1) is 13.1. The Morgan fingerprint density at radius 2 is 2.00 bits per heavy atom. The summed E-state index contributed by atoms with van der Waals surface area (Å²) >= 11 is 0. The van der Waals surface area contributed by atoms with Crippen molar-refractivity contribution in [1.82, 2.24) is 14.9 Å². The highest BCUT2D eigenvalue weighted by molar-refractivity contribution is 5.76. The average molecular weight is 363 g/mol. The third-order valence-electron chi connectivity index (χ3n) is 4.36. The fourth-order valence-electron chi connectivity index (χ4n) is 2.96. The molecule has 1 N–H and O–H groups in total. The highest BCUT2D eigenvalue weighted by atomic mass is 16.5. The molecule has 1 aromatic heterocycles. The molecule has 0 unspecified atom stereocenters. The van der Waals surface area contributed by atoms with E-state index in [0.29, 0.717) is 19.4 Å². The van der Waals surface area contributed by atoms with E-state index in [4.69, 9.17) is 4.74 Å². The van der Waals surface area contributed by atoms with Gasteiger partial charge in [-0.3, -0.25) is 4.79 Å². The van der Waals surface area contributed by atoms with Crippen molar-refractivity contribution in [3.8, 4) is 5.75 Å². The number of hydrogen-bond donors (Lipinski definition) is 1. The highest BCUT2D eigenvalue weighted by Gasteiger charge is 2.20. The van der Waals surface area contributed by atoms with E-state index >= 15 is 0 Å². The van der Waals surface area contributed by atoms with Gasteiger partial charge in [0.25, 0.3) is 0 Å². The minimum Gasteiger partial charge on any atom is -0.494 e. The van der Waals surface area contributed by atoms with Crippen LogP contribution < -0.4 is 10.1 Å². The summed E-state index contributed by atoms with van der Waals surface area (Å²) in [5.41, 5.74) is 2.17. The van der Waals surface area contributed by atoms with Crippen molar-refractivity contribution in [2.24, 2.45) is 7.05 Å². The fraction of sp³-hybridized carbons (Fsp3) is 0.273. The maximum atomic E-state index is 12.5. The molecular formula is C22H25N3O2. The number of carbonyl (C=O) groups excluding carboxylic acids is 1. The summed E-state index contributed by atoms with van der Waals surface area (Å²) in [4.78, 5) is 16.9. The normalized spacial score (nSPS) is 11.8. The average Bonchev–Trinajstić information content (AvgIpc) is 3.10. The van der Waals surface area contributed by atoms with Crippen LogP contribution in [0.5, 0.6) is 5.75 Å². The van der Waals surface area contributed by atoms with Gasteiger partial charge in [0.1, 0.15) is 17.6 Å². The van der Waals surface area contributed by atoms with E-state index in [9.17, 15) is 4.79 Å². The maximum absolute atomic E-state index is 12.5. The third-order valence-corrected chi connectivity index (χ3v) is 4.36. The zero-order valence-electron chi connectivity index (χ0n) is 15.8. The van der Waals surface area contributed by atoms with Crippen molar-refractivity contribution < 1.29 is 9.53 Å². The van der Waals surface area contributed by atoms with Gasteiger partial charge in [0, 0.05) is 25.9 Å². The number of carbonyl (C=O) groups is 1. The van der Waals surface area contributed by atoms with E-state index < -0.39 is 0 Å². The van der Waals surface area contributed by atoms with Gasteiger partial charge < -0.3 is 14.6 Å². The Hall–Kier alpha value is -3.08. The molecule has 3 rings (SSSR count). The minimum atomic E-state index is -0.267. The van der Waals surface area contributed by atoms with E-state index in [1.54, 1.807) is 6.20 Å². The molecule has 0 bridgehead atoms. The maximum Gasteiger partial charge on any atom is 0.220 e. The molecule has 0 spiro atoms. The zero-order valence-corrected chi connectivity index (χ0v) is 15.8. The van der Waals surface area contributed by atoms with Gasteiger partial charge in [0.2, 0.25) is 5.91 Å². The molecule has 27 heavy (non-hydrogen) atoms. The third kappa shape index (κ3) is 5.20. The van der Waals surface area contributed by atoms with Crippen LogP contribution in [0.3, 0.4) is 0 Å². The first-order valence-electron chi connectivity index (χ1n) is 9.14. The summed E-state index contributed by atoms with van der Waals surface area (Å²) in [6, 6.07) is 17.5. The van der Waals surface area contributed by atoms with Gasteiger partial charge >= 0.3 is 0 Å². The zero-order chi connectivity index (χ0) is 19.1. The Labute approximate surface area is 160 Å². The van der Waals surface area contributed by atoms with Crippen LogP contribution in [0.2, 0.25) is 0 Å². The van der Waals surface area contributed by atoms with Crippen LogP contribution in [0.25, 0.3) is 0 Å². The summed E-state index contributed by atoms with van der Waals surface area (Å²) in [5.74, 6) is 1.64. The molecule has 5 nitrogen and oxygen atoms in total. The highest BCUT2D eigenvalue weighted by Crippen LogP contribution is 2.20. The molecule has 1 amide bonds. The van der Waals surface area contributed by atoms with Gasteiger partial charge in [-0.15, -0.1) is 0 Å². The molecule has 0 aliphatic heterocycles. The molecular weight excluding hydrogens is 338 g/mol. The second-order valence-electron chi connectivity index (χ2n) is 6.58. The van der Waals surface area contributed by atoms with Crippen molar-refractivity contribution in [2.75, 3.05) is 6.61 Å². The molecule has 0 fully saturated rings. The lowest BCUT2D eigenvalue weighted by Crippen LogP contribution is -2.31. The molecule has 0 radical (unpaired) electrons. The lowest BCUT2D eigenvalue weighted by atomic mass is 10.1. The summed E-state index contributed by atoms with van der Waals surface area (Å²) in [6.45, 7) is 2.54. The number of rotatable bonds is 8. The molecule has 3 aromatic rings. The minimum absolute atomic E-state index is 0.0142. The lowest BCUT2D eigenvalue weighted by molar-refractivity contribution is -0.121. The van der Waals surface area contributed by atoms with Gasteiger partial charge in [-0.05, 0) is 36.6 Å². The Balaban J connectivity index is 1.56. The molecule has 1 heterocycles. The predicted molar refractivity (Wildman–Crippen MR) is 106 cm³/mol. The Morgan fingerprint density at radius 3 is 2.70 bits per heavy atom. The van der Waals surface area contributed by atoms with E-state index in [-0.39, 0.29) is 11.9 Å². The van der Waals surface area contributed by atoms with Gasteiger partial charge in [-0.1, -0.05) is 42.5 Å². The SMILES string of the molecule is Cc1cccc(OCCCC(=O)N[C@H](c2ccccc2)c2nccn2C)c1. The van der Waals surface area contributed by atoms with Gasteiger partial charge in [-0.2, -0.15) is 0 Å². The van der Waals surface area contributed by atoms with Crippen molar-refractivity contribution in [3.05, 3.63) is 83.9 Å². The Kier molecular flexibility index (Phi) is 6.26. The first kappa shape index (κ1) is 18.7. The standard InChI is InChI=1S/C22H25N3O2/c1-17-8-6-11-19(16-17)27-15-7-12-20(26)24-21(18-9-4-3-5-10-18)22-23-13-14-25(22)2/h3-6,8-11,13-14,16,21H,7,12,15H2,1-2H3,(H,24,26)/t21-/m1/s1. The van der Waals surface area contributed by atoms with Crippen LogP contribution in [-0.4, -0.2) is 22.1 Å². The van der Waals surface area contributed by atoms with Crippen LogP contribution in [0.1, 0.15) is 35.8 Å². The molecule has 0 aliphatic carbocycles. The van der Waals surface area contributed by atoms with E-state index in [2.05, 4.69) is 10.3 Å². The van der Waals surface area contributed by atoms with Crippen LogP contribution in [0, 0.1) is 6.92 Å². The number of amides is 1. The molecule has 2 aromatic carbocycles. The van der Waals surface area contributed by atoms with E-state index in [1.807, 2.05) is 79.3 Å². The molecule has 0 aliphatic rings. The largest absolute Gasteiger partial charge is 0.494 e. The second kappa shape index (κ2) is 9.03. The number of nitrogens with zero attached hydrogens (tertiary/aromatic N) is 2.